The summed E-state index contributed by atoms with van der Waals surface area (Å²) in [5.74, 6) is -0.0406. The first kappa shape index (κ1) is 18.2. The van der Waals surface area contributed by atoms with Crippen LogP contribution in [0.5, 0.6) is 0 Å². The number of carbonyl (C=O) groups is 2. The summed E-state index contributed by atoms with van der Waals surface area (Å²) < 4.78 is 0.933. The van der Waals surface area contributed by atoms with Crippen molar-refractivity contribution in [3.05, 3.63) is 63.6 Å². The number of rotatable bonds is 5. The minimum atomic E-state index is -0.246. The summed E-state index contributed by atoms with van der Waals surface area (Å²) in [4.78, 5) is 24.5. The molecular weight excluding hydrogens is 368 g/mol. The van der Waals surface area contributed by atoms with Gasteiger partial charge in [-0.3, -0.25) is 9.59 Å². The molecule has 0 saturated carbocycles. The number of hydrogen-bond donors (Lipinski definition) is 2. The van der Waals surface area contributed by atoms with E-state index in [1.165, 1.54) is 0 Å². The van der Waals surface area contributed by atoms with Gasteiger partial charge in [0.25, 0.3) is 11.8 Å². The van der Waals surface area contributed by atoms with Crippen molar-refractivity contribution >= 4 is 33.4 Å². The van der Waals surface area contributed by atoms with Crippen LogP contribution in [0.1, 0.15) is 40.1 Å². The van der Waals surface area contributed by atoms with Crippen LogP contribution in [-0.2, 0) is 0 Å². The first-order valence-electron chi connectivity index (χ1n) is 7.82. The normalized spacial score (nSPS) is 10.5. The summed E-state index contributed by atoms with van der Waals surface area (Å²) in [6.07, 6.45) is 0. The monoisotopic (exact) mass is 388 g/mol. The third-order valence-corrected chi connectivity index (χ3v) is 4.34. The number of benzene rings is 2. The van der Waals surface area contributed by atoms with Gasteiger partial charge in [-0.15, -0.1) is 0 Å². The van der Waals surface area contributed by atoms with E-state index in [9.17, 15) is 9.59 Å². The molecule has 24 heavy (non-hydrogen) atoms. The van der Waals surface area contributed by atoms with Crippen LogP contribution in [0.3, 0.4) is 0 Å². The Bertz CT molecular complexity index is 757. The maximum Gasteiger partial charge on any atom is 0.255 e. The Morgan fingerprint density at radius 1 is 1.04 bits per heavy atom. The molecule has 2 aromatic carbocycles. The Balaban J connectivity index is 2.11. The highest BCUT2D eigenvalue weighted by Crippen LogP contribution is 2.21. The van der Waals surface area contributed by atoms with Crippen LogP contribution in [0.2, 0.25) is 0 Å². The van der Waals surface area contributed by atoms with Crippen molar-refractivity contribution < 1.29 is 9.59 Å². The van der Waals surface area contributed by atoms with Gasteiger partial charge < -0.3 is 10.6 Å². The first-order valence-corrected chi connectivity index (χ1v) is 8.62. The van der Waals surface area contributed by atoms with Gasteiger partial charge in [-0.1, -0.05) is 41.9 Å². The lowest BCUT2D eigenvalue weighted by molar-refractivity contribution is 0.0949. The molecule has 0 aromatic heterocycles. The summed E-state index contributed by atoms with van der Waals surface area (Å²) in [6.45, 7) is 6.65. The van der Waals surface area contributed by atoms with Gasteiger partial charge in [-0.2, -0.15) is 0 Å². The van der Waals surface area contributed by atoms with Gasteiger partial charge in [-0.05, 0) is 48.7 Å². The fourth-order valence-electron chi connectivity index (χ4n) is 2.07. The van der Waals surface area contributed by atoms with E-state index in [1.807, 2.05) is 39.0 Å². The number of anilines is 1. The predicted octanol–water partition coefficient (Wildman–Crippen LogP) is 4.40. The predicted molar refractivity (Wildman–Crippen MR) is 100 cm³/mol. The lowest BCUT2D eigenvalue weighted by Gasteiger charge is -2.10. The maximum absolute atomic E-state index is 12.4. The van der Waals surface area contributed by atoms with Crippen molar-refractivity contribution in [2.75, 3.05) is 11.9 Å². The molecule has 0 aliphatic heterocycles. The summed E-state index contributed by atoms with van der Waals surface area (Å²) >= 11 is 3.45. The van der Waals surface area contributed by atoms with Crippen molar-refractivity contribution in [1.29, 1.82) is 0 Å². The summed E-state index contributed by atoms with van der Waals surface area (Å²) in [5.41, 5.74) is 2.72. The van der Waals surface area contributed by atoms with E-state index in [-0.39, 0.29) is 11.8 Å². The molecule has 2 amide bonds. The van der Waals surface area contributed by atoms with E-state index in [1.54, 1.807) is 24.3 Å². The van der Waals surface area contributed by atoms with Gasteiger partial charge in [0.15, 0.2) is 0 Å². The lowest BCUT2D eigenvalue weighted by Crippen LogP contribution is -2.27. The molecule has 4 nitrogen and oxygen atoms in total. The molecule has 5 heteroatoms. The van der Waals surface area contributed by atoms with Gasteiger partial charge in [0.05, 0.1) is 0 Å². The third-order valence-electron chi connectivity index (χ3n) is 3.49. The Morgan fingerprint density at radius 3 is 2.33 bits per heavy atom. The van der Waals surface area contributed by atoms with Gasteiger partial charge in [0, 0.05) is 27.8 Å². The molecule has 126 valence electrons. The van der Waals surface area contributed by atoms with Crippen LogP contribution < -0.4 is 10.6 Å². The van der Waals surface area contributed by atoms with Crippen LogP contribution in [0.25, 0.3) is 0 Å². The highest BCUT2D eigenvalue weighted by Gasteiger charge is 2.11. The van der Waals surface area contributed by atoms with E-state index >= 15 is 0 Å². The SMILES string of the molecule is Cc1ccc(NC(=O)c2cccc(C(=O)NCC(C)C)c2)cc1Br. The molecule has 0 heterocycles. The van der Waals surface area contributed by atoms with Crippen molar-refractivity contribution in [3.63, 3.8) is 0 Å². The molecular formula is C19H21BrN2O2. The second-order valence-electron chi connectivity index (χ2n) is 6.10. The number of halogens is 1. The molecule has 0 saturated heterocycles. The van der Waals surface area contributed by atoms with Crippen LogP contribution >= 0.6 is 15.9 Å². The summed E-state index contributed by atoms with van der Waals surface area (Å²) in [6, 6.07) is 12.3. The Kier molecular flexibility index (Phi) is 6.15. The van der Waals surface area contributed by atoms with Crippen molar-refractivity contribution in [3.8, 4) is 0 Å². The van der Waals surface area contributed by atoms with Gasteiger partial charge in [0.2, 0.25) is 0 Å². The fourth-order valence-corrected chi connectivity index (χ4v) is 2.45. The Labute approximate surface area is 150 Å². The smallest absolute Gasteiger partial charge is 0.255 e. The highest BCUT2D eigenvalue weighted by molar-refractivity contribution is 9.10. The molecule has 0 aliphatic rings. The van der Waals surface area contributed by atoms with Crippen molar-refractivity contribution in [2.24, 2.45) is 5.92 Å². The number of carbonyl (C=O) groups excluding carboxylic acids is 2. The molecule has 0 radical (unpaired) electrons. The largest absolute Gasteiger partial charge is 0.352 e. The minimum absolute atomic E-state index is 0.170. The second-order valence-corrected chi connectivity index (χ2v) is 6.96. The molecule has 0 atom stereocenters. The van der Waals surface area contributed by atoms with Crippen molar-refractivity contribution in [1.82, 2.24) is 5.32 Å². The molecule has 2 rings (SSSR count). The minimum Gasteiger partial charge on any atom is -0.352 e. The topological polar surface area (TPSA) is 58.2 Å². The van der Waals surface area contributed by atoms with E-state index in [0.29, 0.717) is 29.3 Å². The van der Waals surface area contributed by atoms with Crippen molar-refractivity contribution in [2.45, 2.75) is 20.8 Å². The number of aryl methyl sites for hydroxylation is 1. The van der Waals surface area contributed by atoms with E-state index in [2.05, 4.69) is 26.6 Å². The fraction of sp³-hybridized carbons (Fsp3) is 0.263. The molecule has 0 bridgehead atoms. The molecule has 2 N–H and O–H groups in total. The molecule has 0 aliphatic carbocycles. The first-order chi connectivity index (χ1) is 11.4. The van der Waals surface area contributed by atoms with Crippen LogP contribution in [0.15, 0.2) is 46.9 Å². The molecule has 0 fully saturated rings. The number of amides is 2. The maximum atomic E-state index is 12.4. The standard InChI is InChI=1S/C19H21BrN2O2/c1-12(2)11-21-18(23)14-5-4-6-15(9-14)19(24)22-16-8-7-13(3)17(20)10-16/h4-10,12H,11H2,1-3H3,(H,21,23)(H,22,24). The van der Waals surface area contributed by atoms with Crippen LogP contribution in [0.4, 0.5) is 5.69 Å². The average Bonchev–Trinajstić information content (AvgIpc) is 2.56. The Morgan fingerprint density at radius 2 is 1.71 bits per heavy atom. The highest BCUT2D eigenvalue weighted by atomic mass is 79.9. The van der Waals surface area contributed by atoms with Gasteiger partial charge >= 0.3 is 0 Å². The number of hydrogen-bond acceptors (Lipinski definition) is 2. The Hall–Kier alpha value is -2.14. The quantitative estimate of drug-likeness (QED) is 0.797. The summed E-state index contributed by atoms with van der Waals surface area (Å²) in [7, 11) is 0. The van der Waals surface area contributed by atoms with Gasteiger partial charge in [0.1, 0.15) is 0 Å². The second kappa shape index (κ2) is 8.11. The number of nitrogens with one attached hydrogen (secondary N) is 2. The molecule has 0 spiro atoms. The van der Waals surface area contributed by atoms with Crippen LogP contribution in [-0.4, -0.2) is 18.4 Å². The summed E-state index contributed by atoms with van der Waals surface area (Å²) in [5, 5.41) is 5.69. The zero-order chi connectivity index (χ0) is 17.7. The third kappa shape index (κ3) is 4.93. The van der Waals surface area contributed by atoms with E-state index in [4.69, 9.17) is 0 Å². The van der Waals surface area contributed by atoms with E-state index < -0.39 is 0 Å². The lowest BCUT2D eigenvalue weighted by atomic mass is 10.1. The van der Waals surface area contributed by atoms with Crippen LogP contribution in [0, 0.1) is 12.8 Å². The average molecular weight is 389 g/mol. The van der Waals surface area contributed by atoms with Gasteiger partial charge in [-0.25, -0.2) is 0 Å². The molecule has 2 aromatic rings. The zero-order valence-electron chi connectivity index (χ0n) is 14.0. The zero-order valence-corrected chi connectivity index (χ0v) is 15.6. The molecule has 0 unspecified atom stereocenters. The van der Waals surface area contributed by atoms with E-state index in [0.717, 1.165) is 10.0 Å².